The Bertz CT molecular complexity index is 1360. The molecule has 0 spiro atoms. The third-order valence-corrected chi connectivity index (χ3v) is 11.5. The van der Waals surface area contributed by atoms with Crippen molar-refractivity contribution in [3.63, 3.8) is 0 Å². The second-order valence-corrected chi connectivity index (χ2v) is 17.3. The van der Waals surface area contributed by atoms with Gasteiger partial charge in [-0.15, -0.1) is 0 Å². The van der Waals surface area contributed by atoms with E-state index >= 15 is 4.79 Å². The predicted molar refractivity (Wildman–Crippen MR) is 219 cm³/mol. The van der Waals surface area contributed by atoms with Gasteiger partial charge in [0.25, 0.3) is 5.91 Å². The van der Waals surface area contributed by atoms with Gasteiger partial charge in [-0.1, -0.05) is 126 Å². The summed E-state index contributed by atoms with van der Waals surface area (Å²) >= 11 is 0. The summed E-state index contributed by atoms with van der Waals surface area (Å²) in [5.74, 6) is -1.67. The average Bonchev–Trinajstić information content (AvgIpc) is 3.60. The zero-order valence-corrected chi connectivity index (χ0v) is 35.5. The van der Waals surface area contributed by atoms with Gasteiger partial charge in [-0.05, 0) is 76.8 Å². The van der Waals surface area contributed by atoms with Crippen molar-refractivity contribution in [2.75, 3.05) is 26.9 Å². The number of Topliss-reactive ketones (excluding diaryl/α,β-unsaturated/α-hetero) is 1. The molecule has 1 amide bonds. The Morgan fingerprint density at radius 2 is 1.35 bits per heavy atom. The second-order valence-electron chi connectivity index (χ2n) is 17.3. The first-order valence-corrected chi connectivity index (χ1v) is 21.5. The number of hydrogen-bond donors (Lipinski definition) is 0. The second kappa shape index (κ2) is 21.8. The van der Waals surface area contributed by atoms with Crippen molar-refractivity contribution in [3.8, 4) is 0 Å². The van der Waals surface area contributed by atoms with Crippen LogP contribution in [0, 0.1) is 17.8 Å². The fraction of sp³-hybridized carbons (Fsp3) is 0.702. The lowest BCUT2D eigenvalue weighted by Gasteiger charge is -2.58. The van der Waals surface area contributed by atoms with E-state index in [2.05, 4.69) is 65.8 Å². The third-order valence-electron chi connectivity index (χ3n) is 11.5. The summed E-state index contributed by atoms with van der Waals surface area (Å²) in [5, 5.41) is 1.60. The van der Waals surface area contributed by atoms with Crippen LogP contribution in [-0.2, 0) is 39.0 Å². The molecule has 0 N–H and O–H groups in total. The first kappa shape index (κ1) is 45.1. The number of carbonyl (C=O) groups is 2. The molecule has 2 saturated heterocycles. The lowest BCUT2D eigenvalue weighted by Crippen LogP contribution is -2.70. The summed E-state index contributed by atoms with van der Waals surface area (Å²) in [6, 6.07) is 20.1. The number of hydrogen-bond acceptors (Lipinski definition) is 7. The van der Waals surface area contributed by atoms with E-state index < -0.39 is 28.8 Å². The van der Waals surface area contributed by atoms with E-state index in [0.717, 1.165) is 62.5 Å². The molecule has 8 nitrogen and oxygen atoms in total. The van der Waals surface area contributed by atoms with Crippen LogP contribution in [0.4, 0.5) is 0 Å². The lowest BCUT2D eigenvalue weighted by molar-refractivity contribution is -0.373. The number of ether oxygens (including phenoxy) is 4. The van der Waals surface area contributed by atoms with Gasteiger partial charge in [0.1, 0.15) is 11.8 Å². The quantitative estimate of drug-likeness (QED) is 0.0931. The van der Waals surface area contributed by atoms with Gasteiger partial charge in [0.05, 0.1) is 30.8 Å². The summed E-state index contributed by atoms with van der Waals surface area (Å²) in [6.07, 6.45) is 13.7. The highest BCUT2D eigenvalue weighted by Gasteiger charge is 2.61. The summed E-state index contributed by atoms with van der Waals surface area (Å²) in [4.78, 5) is 35.3. The summed E-state index contributed by atoms with van der Waals surface area (Å²) in [5.41, 5.74) is 0.751. The van der Waals surface area contributed by atoms with E-state index in [9.17, 15) is 4.79 Å². The minimum atomic E-state index is -0.835. The topological polar surface area (TPSA) is 83.5 Å². The van der Waals surface area contributed by atoms with Crippen LogP contribution in [0.2, 0.25) is 0 Å². The number of hydroxylamine groups is 2. The number of rotatable bonds is 25. The number of carbonyl (C=O) groups excluding carboxylic acids is 2. The Labute approximate surface area is 333 Å². The Kier molecular flexibility index (Phi) is 17.9. The third kappa shape index (κ3) is 12.4. The van der Waals surface area contributed by atoms with E-state index in [-0.39, 0.29) is 29.8 Å². The Morgan fingerprint density at radius 1 is 0.800 bits per heavy atom. The average molecular weight is 764 g/mol. The molecular weight excluding hydrogens is 691 g/mol. The molecule has 55 heavy (non-hydrogen) atoms. The molecule has 0 aromatic heterocycles. The van der Waals surface area contributed by atoms with E-state index in [0.29, 0.717) is 32.7 Å². The maximum absolute atomic E-state index is 15.0. The molecule has 4 rings (SSSR count). The van der Waals surface area contributed by atoms with Gasteiger partial charge in [-0.3, -0.25) is 14.4 Å². The molecule has 0 saturated carbocycles. The molecule has 2 aromatic carbocycles. The van der Waals surface area contributed by atoms with Gasteiger partial charge in [0, 0.05) is 32.5 Å². The smallest absolute Gasteiger partial charge is 0.250 e. The molecular formula is C47H73NO7. The van der Waals surface area contributed by atoms with Crippen LogP contribution < -0.4 is 0 Å². The van der Waals surface area contributed by atoms with E-state index in [1.165, 1.54) is 25.7 Å². The molecule has 2 heterocycles. The predicted octanol–water partition coefficient (Wildman–Crippen LogP) is 10.6. The van der Waals surface area contributed by atoms with Crippen molar-refractivity contribution < 1.29 is 33.4 Å². The molecule has 4 atom stereocenters. The minimum absolute atomic E-state index is 0.0143. The molecule has 308 valence electrons. The molecule has 0 aliphatic carbocycles. The zero-order chi connectivity index (χ0) is 39.9. The monoisotopic (exact) mass is 764 g/mol. The van der Waals surface area contributed by atoms with Crippen molar-refractivity contribution in [2.24, 2.45) is 17.8 Å². The molecule has 8 heteroatoms. The summed E-state index contributed by atoms with van der Waals surface area (Å²) in [6.45, 7) is 16.1. The highest BCUT2D eigenvalue weighted by atomic mass is 16.7. The highest BCUT2D eigenvalue weighted by molar-refractivity contribution is 5.88. The highest BCUT2D eigenvalue weighted by Crippen LogP contribution is 2.51. The van der Waals surface area contributed by atoms with Gasteiger partial charge in [-0.25, -0.2) is 5.06 Å². The fourth-order valence-electron chi connectivity index (χ4n) is 8.86. The van der Waals surface area contributed by atoms with Gasteiger partial charge in [0.15, 0.2) is 11.4 Å². The van der Waals surface area contributed by atoms with Crippen LogP contribution in [0.15, 0.2) is 60.7 Å². The van der Waals surface area contributed by atoms with Gasteiger partial charge in [0.2, 0.25) is 0 Å². The lowest BCUT2D eigenvalue weighted by atomic mass is 9.72. The fourth-order valence-corrected chi connectivity index (χ4v) is 8.86. The molecule has 2 aliphatic rings. The van der Waals surface area contributed by atoms with E-state index in [1.807, 2.05) is 36.4 Å². The number of unbranched alkanes of at least 4 members (excludes halogenated alkanes) is 7. The maximum Gasteiger partial charge on any atom is 0.250 e. The molecule has 2 aromatic rings. The van der Waals surface area contributed by atoms with Crippen molar-refractivity contribution in [2.45, 2.75) is 167 Å². The number of nitrogens with zero attached hydrogens (tertiary/aromatic N) is 1. The maximum atomic E-state index is 15.0. The Hall–Kier alpha value is -2.62. The van der Waals surface area contributed by atoms with Crippen molar-refractivity contribution in [1.29, 1.82) is 0 Å². The number of benzene rings is 2. The Balaban J connectivity index is 1.50. The molecule has 2 aliphatic heterocycles. The van der Waals surface area contributed by atoms with E-state index in [4.69, 9.17) is 23.8 Å². The normalized spacial score (nSPS) is 19.6. The van der Waals surface area contributed by atoms with Crippen molar-refractivity contribution in [1.82, 2.24) is 5.06 Å². The van der Waals surface area contributed by atoms with Crippen LogP contribution >= 0.6 is 0 Å². The first-order chi connectivity index (χ1) is 26.4. The SMILES string of the molecule is CCCCCCCC1(CCCCCCC(C[C@H](C(=O)N2OC(c3ccccc3)(c3ccccc3)[C@@H]2C(C)C)C(CCOC)C(C)=O)OC(C)(C)C)OCCO1. The molecule has 0 radical (unpaired) electrons. The molecule has 2 unspecified atom stereocenters. The van der Waals surface area contributed by atoms with Crippen LogP contribution in [-0.4, -0.2) is 67.2 Å². The van der Waals surface area contributed by atoms with Crippen LogP contribution in [0.1, 0.15) is 149 Å². The van der Waals surface area contributed by atoms with Crippen molar-refractivity contribution in [3.05, 3.63) is 71.8 Å². The van der Waals surface area contributed by atoms with Crippen LogP contribution in [0.3, 0.4) is 0 Å². The van der Waals surface area contributed by atoms with Gasteiger partial charge in [-0.2, -0.15) is 0 Å². The van der Waals surface area contributed by atoms with Gasteiger partial charge >= 0.3 is 0 Å². The Morgan fingerprint density at radius 3 is 1.84 bits per heavy atom. The number of amides is 1. The summed E-state index contributed by atoms with van der Waals surface area (Å²) in [7, 11) is 1.64. The van der Waals surface area contributed by atoms with Crippen LogP contribution in [0.25, 0.3) is 0 Å². The largest absolute Gasteiger partial charge is 0.385 e. The summed E-state index contributed by atoms with van der Waals surface area (Å²) < 4.78 is 24.5. The van der Waals surface area contributed by atoms with Crippen molar-refractivity contribution >= 4 is 11.7 Å². The standard InChI is InChI=1S/C47H73NO7/c1-9-10-11-13-22-30-46(52-33-34-53-46)31-23-14-12-21-28-40(54-45(5,6)7)35-42(41(37(4)49)29-32-51-8)44(50)48-43(36(2)3)47(55-48,38-24-17-15-18-25-38)39-26-19-16-20-27-39/h15-20,24-27,36,40-43H,9-14,21-23,28-35H2,1-8H3/t40?,41?,42-,43-/m0/s1. The van der Waals surface area contributed by atoms with Gasteiger partial charge < -0.3 is 18.9 Å². The first-order valence-electron chi connectivity index (χ1n) is 21.5. The van der Waals surface area contributed by atoms with E-state index in [1.54, 1.807) is 19.1 Å². The minimum Gasteiger partial charge on any atom is -0.385 e. The zero-order valence-electron chi connectivity index (χ0n) is 35.5. The molecule has 2 fully saturated rings. The number of ketones is 1. The van der Waals surface area contributed by atoms with Crippen LogP contribution in [0.5, 0.6) is 0 Å². The molecule has 0 bridgehead atoms. The number of methoxy groups -OCH3 is 1.